The maximum absolute atomic E-state index is 13.2. The number of nitrogens with zero attached hydrogens (tertiary/aromatic N) is 1. The van der Waals surface area contributed by atoms with Gasteiger partial charge in [0.25, 0.3) is 5.91 Å². The van der Waals surface area contributed by atoms with Gasteiger partial charge >= 0.3 is 0 Å². The predicted molar refractivity (Wildman–Crippen MR) is 102 cm³/mol. The average molecular weight is 350 g/mol. The van der Waals surface area contributed by atoms with Crippen LogP contribution in [0.1, 0.15) is 26.3 Å². The molecule has 0 saturated heterocycles. The standard InChI is InChI=1S/C20H18N2O2S/c1-13-7-12-18(25-13)19-21-17-6-4-3-5-16(17)20(23)22(19)14-8-10-15(24-2)11-9-14/h3-12,19,21H,1-2H3/t19-/m1/s1. The number of benzene rings is 2. The molecule has 2 heterocycles. The van der Waals surface area contributed by atoms with Crippen molar-refractivity contribution in [2.75, 3.05) is 17.3 Å². The van der Waals surface area contributed by atoms with Gasteiger partial charge in [-0.1, -0.05) is 12.1 Å². The molecule has 0 fully saturated rings. The number of carbonyl (C=O) groups excluding carboxylic acids is 1. The topological polar surface area (TPSA) is 41.6 Å². The smallest absolute Gasteiger partial charge is 0.262 e. The summed E-state index contributed by atoms with van der Waals surface area (Å²) in [6.07, 6.45) is -0.227. The molecule has 0 spiro atoms. The Morgan fingerprint density at radius 2 is 1.80 bits per heavy atom. The third-order valence-corrected chi connectivity index (χ3v) is 5.36. The van der Waals surface area contributed by atoms with Gasteiger partial charge in [-0.05, 0) is 55.5 Å². The number of para-hydroxylation sites is 1. The van der Waals surface area contributed by atoms with Crippen LogP contribution < -0.4 is 15.0 Å². The largest absolute Gasteiger partial charge is 0.497 e. The lowest BCUT2D eigenvalue weighted by Crippen LogP contribution is -2.42. The Morgan fingerprint density at radius 3 is 2.48 bits per heavy atom. The van der Waals surface area contributed by atoms with Crippen LogP contribution in [0.4, 0.5) is 11.4 Å². The van der Waals surface area contributed by atoms with Crippen LogP contribution in [0.3, 0.4) is 0 Å². The molecule has 1 aliphatic rings. The lowest BCUT2D eigenvalue weighted by Gasteiger charge is -2.37. The maximum atomic E-state index is 13.2. The minimum Gasteiger partial charge on any atom is -0.497 e. The lowest BCUT2D eigenvalue weighted by atomic mass is 10.1. The van der Waals surface area contributed by atoms with Gasteiger partial charge in [-0.3, -0.25) is 9.69 Å². The summed E-state index contributed by atoms with van der Waals surface area (Å²) in [6.45, 7) is 2.07. The van der Waals surface area contributed by atoms with Gasteiger partial charge in [0, 0.05) is 21.1 Å². The van der Waals surface area contributed by atoms with Crippen molar-refractivity contribution in [2.24, 2.45) is 0 Å². The van der Waals surface area contributed by atoms with E-state index in [9.17, 15) is 4.79 Å². The summed E-state index contributed by atoms with van der Waals surface area (Å²) in [7, 11) is 1.64. The molecule has 0 unspecified atom stereocenters. The van der Waals surface area contributed by atoms with Crippen molar-refractivity contribution < 1.29 is 9.53 Å². The Kier molecular flexibility index (Phi) is 3.93. The molecular weight excluding hydrogens is 332 g/mol. The van der Waals surface area contributed by atoms with Crippen molar-refractivity contribution in [2.45, 2.75) is 13.1 Å². The van der Waals surface area contributed by atoms with Crippen molar-refractivity contribution in [1.29, 1.82) is 0 Å². The fourth-order valence-electron chi connectivity index (χ4n) is 3.06. The first-order valence-corrected chi connectivity index (χ1v) is 8.88. The van der Waals surface area contributed by atoms with Gasteiger partial charge < -0.3 is 10.1 Å². The van der Waals surface area contributed by atoms with Gasteiger partial charge in [-0.15, -0.1) is 11.3 Å². The number of hydrogen-bond donors (Lipinski definition) is 1. The fraction of sp³-hybridized carbons (Fsp3) is 0.150. The SMILES string of the molecule is COc1ccc(N2C(=O)c3ccccc3N[C@H]2c2ccc(C)s2)cc1. The molecule has 4 rings (SSSR count). The number of amides is 1. The van der Waals surface area contributed by atoms with Crippen LogP contribution >= 0.6 is 11.3 Å². The number of hydrogen-bond acceptors (Lipinski definition) is 4. The molecule has 0 aliphatic carbocycles. The first kappa shape index (κ1) is 15.7. The third kappa shape index (κ3) is 2.76. The van der Waals surface area contributed by atoms with Gasteiger partial charge in [-0.25, -0.2) is 0 Å². The van der Waals surface area contributed by atoms with E-state index in [-0.39, 0.29) is 12.1 Å². The van der Waals surface area contributed by atoms with E-state index < -0.39 is 0 Å². The van der Waals surface area contributed by atoms with Gasteiger partial charge in [-0.2, -0.15) is 0 Å². The highest BCUT2D eigenvalue weighted by Gasteiger charge is 2.34. The molecule has 0 saturated carbocycles. The summed E-state index contributed by atoms with van der Waals surface area (Å²) < 4.78 is 5.24. The van der Waals surface area contributed by atoms with E-state index in [0.29, 0.717) is 5.56 Å². The Labute approximate surface area is 150 Å². The Balaban J connectivity index is 1.82. The molecule has 1 N–H and O–H groups in total. The summed E-state index contributed by atoms with van der Waals surface area (Å²) in [5.74, 6) is 0.764. The van der Waals surface area contributed by atoms with Crippen molar-refractivity contribution in [3.63, 3.8) is 0 Å². The van der Waals surface area contributed by atoms with Gasteiger partial charge in [0.2, 0.25) is 0 Å². The molecule has 0 bridgehead atoms. The van der Waals surface area contributed by atoms with Crippen molar-refractivity contribution >= 4 is 28.6 Å². The zero-order valence-corrected chi connectivity index (χ0v) is 14.8. The molecule has 1 atom stereocenters. The van der Waals surface area contributed by atoms with Crippen LogP contribution in [0.2, 0.25) is 0 Å². The van der Waals surface area contributed by atoms with Gasteiger partial charge in [0.05, 0.1) is 12.7 Å². The number of carbonyl (C=O) groups is 1. The summed E-state index contributed by atoms with van der Waals surface area (Å²) in [5, 5.41) is 3.52. The number of aryl methyl sites for hydroxylation is 1. The number of ether oxygens (including phenoxy) is 1. The molecule has 3 aromatic rings. The molecule has 126 valence electrons. The predicted octanol–water partition coefficient (Wildman–Crippen LogP) is 4.84. The highest BCUT2D eigenvalue weighted by molar-refractivity contribution is 7.12. The number of nitrogens with one attached hydrogen (secondary N) is 1. The second kappa shape index (κ2) is 6.26. The number of rotatable bonds is 3. The number of methoxy groups -OCH3 is 1. The second-order valence-corrected chi connectivity index (χ2v) is 7.23. The maximum Gasteiger partial charge on any atom is 0.262 e. The molecule has 1 amide bonds. The average Bonchev–Trinajstić information content (AvgIpc) is 3.08. The first-order valence-electron chi connectivity index (χ1n) is 8.07. The monoisotopic (exact) mass is 350 g/mol. The van der Waals surface area contributed by atoms with E-state index in [2.05, 4.69) is 24.4 Å². The highest BCUT2D eigenvalue weighted by Crippen LogP contribution is 2.39. The molecule has 5 heteroatoms. The number of thiophene rings is 1. The van der Waals surface area contributed by atoms with Gasteiger partial charge in [0.15, 0.2) is 0 Å². The molecule has 4 nitrogen and oxygen atoms in total. The second-order valence-electron chi connectivity index (χ2n) is 5.91. The van der Waals surface area contributed by atoms with E-state index in [1.165, 1.54) is 4.88 Å². The minimum absolute atomic E-state index is 0.00410. The number of anilines is 2. The Hall–Kier alpha value is -2.79. The molecule has 0 radical (unpaired) electrons. The van der Waals surface area contributed by atoms with E-state index >= 15 is 0 Å². The van der Waals surface area contributed by atoms with Crippen molar-refractivity contribution in [3.05, 3.63) is 76.0 Å². The third-order valence-electron chi connectivity index (χ3n) is 4.31. The van der Waals surface area contributed by atoms with Gasteiger partial charge in [0.1, 0.15) is 11.9 Å². The molecule has 1 aliphatic heterocycles. The van der Waals surface area contributed by atoms with Crippen LogP contribution in [0.15, 0.2) is 60.7 Å². The lowest BCUT2D eigenvalue weighted by molar-refractivity contribution is 0.0975. The van der Waals surface area contributed by atoms with Crippen LogP contribution in [0.5, 0.6) is 5.75 Å². The molecular formula is C20H18N2O2S. The summed E-state index contributed by atoms with van der Waals surface area (Å²) in [6, 6.07) is 19.4. The summed E-state index contributed by atoms with van der Waals surface area (Å²) in [5.41, 5.74) is 2.39. The zero-order chi connectivity index (χ0) is 17.4. The van der Waals surface area contributed by atoms with Crippen LogP contribution in [0, 0.1) is 6.92 Å². The summed E-state index contributed by atoms with van der Waals surface area (Å²) in [4.78, 5) is 17.4. The molecule has 25 heavy (non-hydrogen) atoms. The highest BCUT2D eigenvalue weighted by atomic mass is 32.1. The van der Waals surface area contributed by atoms with E-state index in [4.69, 9.17) is 4.74 Å². The molecule has 2 aromatic carbocycles. The minimum atomic E-state index is -0.227. The van der Waals surface area contributed by atoms with Crippen molar-refractivity contribution in [1.82, 2.24) is 0 Å². The Bertz CT molecular complexity index is 917. The van der Waals surface area contributed by atoms with E-state index in [1.807, 2.05) is 53.4 Å². The first-order chi connectivity index (χ1) is 12.2. The molecule has 1 aromatic heterocycles. The van der Waals surface area contributed by atoms with Crippen LogP contribution in [0.25, 0.3) is 0 Å². The quantitative estimate of drug-likeness (QED) is 0.735. The normalized spacial score (nSPS) is 16.3. The number of fused-ring (bicyclic) bond motifs is 1. The van der Waals surface area contributed by atoms with Crippen LogP contribution in [-0.2, 0) is 0 Å². The van der Waals surface area contributed by atoms with Crippen molar-refractivity contribution in [3.8, 4) is 5.75 Å². The summed E-state index contributed by atoms with van der Waals surface area (Å²) >= 11 is 1.70. The zero-order valence-electron chi connectivity index (χ0n) is 14.0. The van der Waals surface area contributed by atoms with E-state index in [1.54, 1.807) is 18.4 Å². The fourth-order valence-corrected chi connectivity index (χ4v) is 3.98. The Morgan fingerprint density at radius 1 is 1.04 bits per heavy atom. The van der Waals surface area contributed by atoms with E-state index in [0.717, 1.165) is 22.0 Å². The van der Waals surface area contributed by atoms with Crippen LogP contribution in [-0.4, -0.2) is 13.0 Å².